The van der Waals surface area contributed by atoms with E-state index in [1.165, 1.54) is 6.07 Å². The SMILES string of the molecule is Cc1ccc(-c2ccc(SC#N)cc2)c(F)c1. The molecule has 0 heterocycles. The molecule has 0 radical (unpaired) electrons. The van der Waals surface area contributed by atoms with Crippen LogP contribution < -0.4 is 0 Å². The van der Waals surface area contributed by atoms with E-state index in [9.17, 15) is 4.39 Å². The van der Waals surface area contributed by atoms with Gasteiger partial charge in [-0.2, -0.15) is 5.26 Å². The van der Waals surface area contributed by atoms with Crippen LogP contribution in [0.4, 0.5) is 4.39 Å². The van der Waals surface area contributed by atoms with Crippen molar-refractivity contribution in [1.82, 2.24) is 0 Å². The third-order valence-electron chi connectivity index (χ3n) is 2.45. The lowest BCUT2D eigenvalue weighted by Crippen LogP contribution is -1.85. The first kappa shape index (κ1) is 11.7. The van der Waals surface area contributed by atoms with E-state index in [2.05, 4.69) is 0 Å². The Bertz CT molecular complexity index is 570. The van der Waals surface area contributed by atoms with Gasteiger partial charge >= 0.3 is 0 Å². The van der Waals surface area contributed by atoms with Crippen LogP contribution in [0, 0.1) is 23.4 Å². The van der Waals surface area contributed by atoms with Crippen LogP contribution in [0.1, 0.15) is 5.56 Å². The molecule has 2 rings (SSSR count). The Hall–Kier alpha value is -1.79. The van der Waals surface area contributed by atoms with Crippen molar-refractivity contribution in [3.63, 3.8) is 0 Å². The minimum atomic E-state index is -0.217. The highest BCUT2D eigenvalue weighted by atomic mass is 32.2. The van der Waals surface area contributed by atoms with Crippen LogP contribution in [-0.4, -0.2) is 0 Å². The van der Waals surface area contributed by atoms with Gasteiger partial charge < -0.3 is 0 Å². The van der Waals surface area contributed by atoms with Gasteiger partial charge in [0, 0.05) is 10.5 Å². The number of halogens is 1. The summed E-state index contributed by atoms with van der Waals surface area (Å²) in [6.45, 7) is 1.86. The molecule has 0 N–H and O–H groups in total. The highest BCUT2D eigenvalue weighted by Gasteiger charge is 2.05. The monoisotopic (exact) mass is 243 g/mol. The van der Waals surface area contributed by atoms with Gasteiger partial charge in [-0.25, -0.2) is 4.39 Å². The van der Waals surface area contributed by atoms with Crippen molar-refractivity contribution < 1.29 is 4.39 Å². The van der Waals surface area contributed by atoms with Crippen molar-refractivity contribution in [2.45, 2.75) is 11.8 Å². The van der Waals surface area contributed by atoms with Gasteiger partial charge in [-0.3, -0.25) is 0 Å². The summed E-state index contributed by atoms with van der Waals surface area (Å²) < 4.78 is 13.7. The third kappa shape index (κ3) is 2.66. The predicted molar refractivity (Wildman–Crippen MR) is 68.0 cm³/mol. The van der Waals surface area contributed by atoms with Gasteiger partial charge in [0.1, 0.15) is 11.2 Å². The van der Waals surface area contributed by atoms with Crippen LogP contribution in [0.3, 0.4) is 0 Å². The van der Waals surface area contributed by atoms with Crippen LogP contribution in [0.2, 0.25) is 0 Å². The summed E-state index contributed by atoms with van der Waals surface area (Å²) in [6.07, 6.45) is 0. The Morgan fingerprint density at radius 3 is 2.41 bits per heavy atom. The lowest BCUT2D eigenvalue weighted by molar-refractivity contribution is 0.630. The number of hydrogen-bond acceptors (Lipinski definition) is 2. The zero-order valence-corrected chi connectivity index (χ0v) is 10.1. The summed E-state index contributed by atoms with van der Waals surface area (Å²) in [6, 6.07) is 12.5. The third-order valence-corrected chi connectivity index (χ3v) is 3.05. The number of nitrogens with zero attached hydrogens (tertiary/aromatic N) is 1. The molecule has 2 aromatic carbocycles. The maximum Gasteiger partial charge on any atom is 0.138 e. The fourth-order valence-electron chi connectivity index (χ4n) is 1.61. The molecule has 0 aliphatic heterocycles. The van der Waals surface area contributed by atoms with E-state index in [1.54, 1.807) is 6.07 Å². The lowest BCUT2D eigenvalue weighted by atomic mass is 10.0. The highest BCUT2D eigenvalue weighted by molar-refractivity contribution is 8.03. The molecule has 0 aliphatic rings. The summed E-state index contributed by atoms with van der Waals surface area (Å²) in [5.74, 6) is -0.217. The molecule has 0 aliphatic carbocycles. The molecule has 0 saturated heterocycles. The number of thiocyanates is 1. The molecule has 0 unspecified atom stereocenters. The molecule has 2 aromatic rings. The number of hydrogen-bond donors (Lipinski definition) is 0. The van der Waals surface area contributed by atoms with Gasteiger partial charge in [0.2, 0.25) is 0 Å². The van der Waals surface area contributed by atoms with Crippen LogP contribution in [0.25, 0.3) is 11.1 Å². The number of thioether (sulfide) groups is 1. The smallest absolute Gasteiger partial charge is 0.138 e. The molecule has 0 atom stereocenters. The Kier molecular flexibility index (Phi) is 3.46. The first-order chi connectivity index (χ1) is 8.20. The second-order valence-electron chi connectivity index (χ2n) is 3.70. The Morgan fingerprint density at radius 2 is 1.82 bits per heavy atom. The molecule has 1 nitrogen and oxygen atoms in total. The van der Waals surface area contributed by atoms with Gasteiger partial charge in [-0.15, -0.1) is 0 Å². The first-order valence-electron chi connectivity index (χ1n) is 5.13. The molecule has 0 fully saturated rings. The summed E-state index contributed by atoms with van der Waals surface area (Å²) in [5, 5.41) is 10.5. The maximum absolute atomic E-state index is 13.7. The standard InChI is InChI=1S/C14H10FNS/c1-10-2-7-13(14(15)8-10)11-3-5-12(6-4-11)17-9-16/h2-8H,1H3. The minimum Gasteiger partial charge on any atom is -0.206 e. The van der Waals surface area contributed by atoms with E-state index in [-0.39, 0.29) is 5.82 Å². The van der Waals surface area contributed by atoms with Crippen LogP contribution in [-0.2, 0) is 0 Å². The van der Waals surface area contributed by atoms with E-state index >= 15 is 0 Å². The molecule has 0 aromatic heterocycles. The van der Waals surface area contributed by atoms with Crippen molar-refractivity contribution in [3.8, 4) is 16.5 Å². The van der Waals surface area contributed by atoms with E-state index in [4.69, 9.17) is 5.26 Å². The van der Waals surface area contributed by atoms with Crippen LogP contribution in [0.15, 0.2) is 47.4 Å². The summed E-state index contributed by atoms with van der Waals surface area (Å²) in [7, 11) is 0. The molecular formula is C14H10FNS. The second-order valence-corrected chi connectivity index (χ2v) is 4.56. The minimum absolute atomic E-state index is 0.217. The fraction of sp³-hybridized carbons (Fsp3) is 0.0714. The topological polar surface area (TPSA) is 23.8 Å². The van der Waals surface area contributed by atoms with Gasteiger partial charge in [-0.05, 0) is 48.0 Å². The zero-order valence-electron chi connectivity index (χ0n) is 9.27. The van der Waals surface area contributed by atoms with Crippen molar-refractivity contribution >= 4 is 11.8 Å². The van der Waals surface area contributed by atoms with Crippen LogP contribution >= 0.6 is 11.8 Å². The number of benzene rings is 2. The van der Waals surface area contributed by atoms with Crippen molar-refractivity contribution in [2.75, 3.05) is 0 Å². The first-order valence-corrected chi connectivity index (χ1v) is 5.95. The predicted octanol–water partition coefficient (Wildman–Crippen LogP) is 4.37. The van der Waals surface area contributed by atoms with Gasteiger partial charge in [0.25, 0.3) is 0 Å². The molecule has 0 amide bonds. The van der Waals surface area contributed by atoms with Gasteiger partial charge in [0.05, 0.1) is 0 Å². The maximum atomic E-state index is 13.7. The number of aryl methyl sites for hydroxylation is 1. The zero-order chi connectivity index (χ0) is 12.3. The average Bonchev–Trinajstić information content (AvgIpc) is 2.31. The summed E-state index contributed by atoms with van der Waals surface area (Å²) >= 11 is 1.10. The van der Waals surface area contributed by atoms with Crippen LogP contribution in [0.5, 0.6) is 0 Å². The summed E-state index contributed by atoms with van der Waals surface area (Å²) in [4.78, 5) is 0.865. The number of rotatable bonds is 2. The quantitative estimate of drug-likeness (QED) is 0.577. The molecular weight excluding hydrogens is 233 g/mol. The van der Waals surface area contributed by atoms with E-state index in [1.807, 2.05) is 42.7 Å². The van der Waals surface area contributed by atoms with Crippen molar-refractivity contribution in [2.24, 2.45) is 0 Å². The molecule has 0 saturated carbocycles. The second kappa shape index (κ2) is 5.03. The molecule has 3 heteroatoms. The highest BCUT2D eigenvalue weighted by Crippen LogP contribution is 2.26. The van der Waals surface area contributed by atoms with E-state index in [0.29, 0.717) is 5.56 Å². The van der Waals surface area contributed by atoms with Crippen molar-refractivity contribution in [3.05, 3.63) is 53.8 Å². The average molecular weight is 243 g/mol. The normalized spacial score (nSPS) is 9.94. The molecule has 84 valence electrons. The molecule has 0 spiro atoms. The van der Waals surface area contributed by atoms with Gasteiger partial charge in [0.15, 0.2) is 0 Å². The lowest BCUT2D eigenvalue weighted by Gasteiger charge is -2.04. The molecule has 17 heavy (non-hydrogen) atoms. The fourth-order valence-corrected chi connectivity index (χ4v) is 1.99. The largest absolute Gasteiger partial charge is 0.206 e. The Balaban J connectivity index is 2.37. The molecule has 0 bridgehead atoms. The van der Waals surface area contributed by atoms with Gasteiger partial charge in [-0.1, -0.05) is 24.3 Å². The number of nitriles is 1. The Morgan fingerprint density at radius 1 is 1.12 bits per heavy atom. The van der Waals surface area contributed by atoms with E-state index < -0.39 is 0 Å². The summed E-state index contributed by atoms with van der Waals surface area (Å²) in [5.41, 5.74) is 2.32. The van der Waals surface area contributed by atoms with E-state index in [0.717, 1.165) is 27.8 Å². The Labute approximate surface area is 104 Å². The van der Waals surface area contributed by atoms with Crippen molar-refractivity contribution in [1.29, 1.82) is 5.26 Å².